The van der Waals surface area contributed by atoms with E-state index >= 15 is 0 Å². The Hall–Kier alpha value is -2.12. The molecule has 2 aromatic carbocycles. The molecule has 0 atom stereocenters. The van der Waals surface area contributed by atoms with Crippen molar-refractivity contribution in [2.45, 2.75) is 43.8 Å². The lowest BCUT2D eigenvalue weighted by Gasteiger charge is -2.50. The van der Waals surface area contributed by atoms with Crippen LogP contribution in [0.2, 0.25) is 5.02 Å². The number of hydrogen-bond acceptors (Lipinski definition) is 5. The summed E-state index contributed by atoms with van der Waals surface area (Å²) in [4.78, 5) is 10.1. The van der Waals surface area contributed by atoms with Gasteiger partial charge in [-0.1, -0.05) is 35.9 Å². The van der Waals surface area contributed by atoms with Crippen LogP contribution in [0, 0.1) is 0 Å². The Morgan fingerprint density at radius 3 is 2.48 bits per heavy atom. The Bertz CT molecular complexity index is 992. The summed E-state index contributed by atoms with van der Waals surface area (Å²) < 4.78 is 0. The highest BCUT2D eigenvalue weighted by Crippen LogP contribution is 2.40. The number of hydrogen-bond donors (Lipinski definition) is 2. The largest absolute Gasteiger partial charge is 0.371 e. The number of para-hydroxylation sites is 2. The molecule has 2 fully saturated rings. The molecule has 0 amide bonds. The minimum Gasteiger partial charge on any atom is -0.371 e. The van der Waals surface area contributed by atoms with Crippen LogP contribution in [0.15, 0.2) is 53.5 Å². The van der Waals surface area contributed by atoms with Gasteiger partial charge < -0.3 is 15.1 Å². The van der Waals surface area contributed by atoms with Crippen LogP contribution < -0.4 is 15.8 Å². The van der Waals surface area contributed by atoms with Crippen LogP contribution in [0.3, 0.4) is 0 Å². The second-order valence-electron chi connectivity index (χ2n) is 9.84. The van der Waals surface area contributed by atoms with E-state index < -0.39 is 0 Å². The van der Waals surface area contributed by atoms with Gasteiger partial charge in [0.2, 0.25) is 0 Å². The van der Waals surface area contributed by atoms with E-state index in [9.17, 15) is 0 Å². The molecule has 0 bridgehead atoms. The van der Waals surface area contributed by atoms with Gasteiger partial charge in [-0.2, -0.15) is 0 Å². The van der Waals surface area contributed by atoms with E-state index in [-0.39, 0.29) is 5.54 Å². The second kappa shape index (κ2) is 9.63. The van der Waals surface area contributed by atoms with Crippen molar-refractivity contribution < 1.29 is 0 Å². The average molecular weight is 467 g/mol. The molecular weight excluding hydrogens is 432 g/mol. The van der Waals surface area contributed by atoms with Gasteiger partial charge >= 0.3 is 0 Å². The molecule has 33 heavy (non-hydrogen) atoms. The van der Waals surface area contributed by atoms with Gasteiger partial charge in [-0.15, -0.1) is 0 Å². The number of halogens is 1. The van der Waals surface area contributed by atoms with Gasteiger partial charge in [0.1, 0.15) is 5.84 Å². The van der Waals surface area contributed by atoms with Crippen molar-refractivity contribution in [1.82, 2.24) is 15.2 Å². The lowest BCUT2D eigenvalue weighted by atomic mass is 9.83. The number of nitrogens with zero attached hydrogens (tertiary/aromatic N) is 4. The van der Waals surface area contributed by atoms with E-state index in [0.717, 1.165) is 74.0 Å². The Morgan fingerprint density at radius 1 is 1.00 bits per heavy atom. The normalized spacial score (nSPS) is 23.0. The Morgan fingerprint density at radius 2 is 1.73 bits per heavy atom. The van der Waals surface area contributed by atoms with E-state index in [1.54, 1.807) is 0 Å². The maximum absolute atomic E-state index is 6.27. The summed E-state index contributed by atoms with van der Waals surface area (Å²) >= 11 is 6.27. The fourth-order valence-electron chi connectivity index (χ4n) is 5.24. The van der Waals surface area contributed by atoms with Crippen molar-refractivity contribution in [3.8, 4) is 0 Å². The number of likely N-dealkylation sites (tertiary alicyclic amines) is 2. The van der Waals surface area contributed by atoms with Gasteiger partial charge in [0.05, 0.1) is 23.5 Å². The molecule has 0 aliphatic carbocycles. The zero-order valence-corrected chi connectivity index (χ0v) is 20.5. The molecule has 6 nitrogen and oxygen atoms in total. The third kappa shape index (κ3) is 4.90. The van der Waals surface area contributed by atoms with Gasteiger partial charge in [-0.25, -0.2) is 5.43 Å². The van der Waals surface area contributed by atoms with Gasteiger partial charge in [0.15, 0.2) is 0 Å². The second-order valence-corrected chi connectivity index (χ2v) is 10.3. The molecule has 3 aliphatic rings. The number of amidine groups is 1. The van der Waals surface area contributed by atoms with Crippen molar-refractivity contribution >= 4 is 28.8 Å². The highest BCUT2D eigenvalue weighted by molar-refractivity contribution is 6.30. The number of rotatable bonds is 4. The van der Waals surface area contributed by atoms with Crippen LogP contribution in [0.1, 0.15) is 31.2 Å². The van der Waals surface area contributed by atoms with Crippen LogP contribution in [-0.4, -0.2) is 67.5 Å². The standard InChI is InChI=1S/C26H35ClN6/c1-31-14-10-22(11-15-31)30-33-24-9-4-3-8-23(24)29-26(12-16-32(2)17-13-26)25(33)28-19-20-6-5-7-21(27)18-20/h3-9,18,22,29-30H,10-17,19H2,1-2H3. The molecule has 5 rings (SSSR count). The first-order valence-electron chi connectivity index (χ1n) is 12.1. The monoisotopic (exact) mass is 466 g/mol. The van der Waals surface area contributed by atoms with E-state index in [2.05, 4.69) is 70.0 Å². The molecule has 2 N–H and O–H groups in total. The van der Waals surface area contributed by atoms with E-state index in [4.69, 9.17) is 16.6 Å². The van der Waals surface area contributed by atoms with Crippen molar-refractivity contribution in [3.63, 3.8) is 0 Å². The topological polar surface area (TPSA) is 46.1 Å². The fourth-order valence-corrected chi connectivity index (χ4v) is 5.45. The number of piperidine rings is 2. The number of fused-ring (bicyclic) bond motifs is 1. The number of nitrogens with one attached hydrogen (secondary N) is 2. The minimum absolute atomic E-state index is 0.183. The first-order chi connectivity index (χ1) is 16.0. The van der Waals surface area contributed by atoms with Gasteiger partial charge in [0.25, 0.3) is 0 Å². The van der Waals surface area contributed by atoms with Crippen LogP contribution in [0.25, 0.3) is 0 Å². The fraction of sp³-hybridized carbons (Fsp3) is 0.500. The third-order valence-corrected chi connectivity index (χ3v) is 7.57. The molecule has 7 heteroatoms. The lowest BCUT2D eigenvalue weighted by Crippen LogP contribution is -2.66. The maximum Gasteiger partial charge on any atom is 0.145 e. The summed E-state index contributed by atoms with van der Waals surface area (Å²) in [5, 5.41) is 7.01. The molecule has 0 unspecified atom stereocenters. The predicted molar refractivity (Wildman–Crippen MR) is 138 cm³/mol. The molecule has 3 heterocycles. The number of aliphatic imine (C=N–C) groups is 1. The van der Waals surface area contributed by atoms with Crippen molar-refractivity contribution in [1.29, 1.82) is 0 Å². The summed E-state index contributed by atoms with van der Waals surface area (Å²) in [7, 11) is 4.42. The van der Waals surface area contributed by atoms with Crippen LogP contribution in [0.5, 0.6) is 0 Å². The van der Waals surface area contributed by atoms with Crippen molar-refractivity contribution in [2.24, 2.45) is 4.99 Å². The minimum atomic E-state index is -0.183. The van der Waals surface area contributed by atoms with E-state index in [1.165, 1.54) is 5.69 Å². The van der Waals surface area contributed by atoms with Gasteiger partial charge in [-0.05, 0) is 82.7 Å². The Kier molecular flexibility index (Phi) is 6.61. The smallest absolute Gasteiger partial charge is 0.145 e. The Labute approximate surface area is 202 Å². The molecule has 0 aromatic heterocycles. The first kappa shape index (κ1) is 22.7. The SMILES string of the molecule is CN1CCC(NN2C(=NCc3cccc(Cl)c3)C3(CCN(C)CC3)Nc3ccccc32)CC1. The Balaban J connectivity index is 1.53. The van der Waals surface area contributed by atoms with E-state index in [0.29, 0.717) is 12.6 Å². The zero-order valence-electron chi connectivity index (χ0n) is 19.7. The molecule has 3 aliphatic heterocycles. The lowest BCUT2D eigenvalue weighted by molar-refractivity contribution is 0.228. The van der Waals surface area contributed by atoms with Crippen molar-refractivity contribution in [3.05, 3.63) is 59.1 Å². The molecule has 176 valence electrons. The third-order valence-electron chi connectivity index (χ3n) is 7.33. The summed E-state index contributed by atoms with van der Waals surface area (Å²) in [6.45, 7) is 4.95. The zero-order chi connectivity index (χ0) is 22.8. The summed E-state index contributed by atoms with van der Waals surface area (Å²) in [5.74, 6) is 1.10. The van der Waals surface area contributed by atoms with Crippen LogP contribution >= 0.6 is 11.6 Å². The predicted octanol–water partition coefficient (Wildman–Crippen LogP) is 4.23. The van der Waals surface area contributed by atoms with Crippen LogP contribution in [0.4, 0.5) is 11.4 Å². The van der Waals surface area contributed by atoms with E-state index in [1.807, 2.05) is 18.2 Å². The molecule has 0 saturated carbocycles. The summed E-state index contributed by atoms with van der Waals surface area (Å²) in [6.07, 6.45) is 4.33. The highest BCUT2D eigenvalue weighted by atomic mass is 35.5. The van der Waals surface area contributed by atoms with Gasteiger partial charge in [-0.3, -0.25) is 10.0 Å². The summed E-state index contributed by atoms with van der Waals surface area (Å²) in [5.41, 5.74) is 7.21. The average Bonchev–Trinajstić information content (AvgIpc) is 2.82. The first-order valence-corrected chi connectivity index (χ1v) is 12.5. The molecule has 0 radical (unpaired) electrons. The van der Waals surface area contributed by atoms with Crippen molar-refractivity contribution in [2.75, 3.05) is 50.6 Å². The summed E-state index contributed by atoms with van der Waals surface area (Å²) in [6, 6.07) is 17.1. The molecule has 2 saturated heterocycles. The maximum atomic E-state index is 6.27. The van der Waals surface area contributed by atoms with Crippen LogP contribution in [-0.2, 0) is 6.54 Å². The highest BCUT2D eigenvalue weighted by Gasteiger charge is 2.46. The number of anilines is 2. The molecule has 1 spiro atoms. The number of benzene rings is 2. The van der Waals surface area contributed by atoms with Gasteiger partial charge in [0, 0.05) is 24.2 Å². The quantitative estimate of drug-likeness (QED) is 0.705. The number of hydrazine groups is 1. The molecular formula is C26H35ClN6. The molecule has 2 aromatic rings.